The summed E-state index contributed by atoms with van der Waals surface area (Å²) >= 11 is 0. The lowest BCUT2D eigenvalue weighted by Crippen LogP contribution is -2.47. The lowest BCUT2D eigenvalue weighted by molar-refractivity contribution is 0.211. The highest BCUT2D eigenvalue weighted by Crippen LogP contribution is 2.22. The Morgan fingerprint density at radius 3 is 2.24 bits per heavy atom. The maximum absolute atomic E-state index is 5.81. The Morgan fingerprint density at radius 1 is 1.10 bits per heavy atom. The largest absolute Gasteiger partial charge is 0.497 e. The van der Waals surface area contributed by atoms with E-state index in [1.807, 2.05) is 12.1 Å². The Labute approximate surface area is 128 Å². The molecule has 21 heavy (non-hydrogen) atoms. The molecule has 0 spiro atoms. The Bertz CT molecular complexity index is 422. The van der Waals surface area contributed by atoms with Crippen LogP contribution < -0.4 is 15.4 Å². The van der Waals surface area contributed by atoms with Crippen molar-refractivity contribution in [3.05, 3.63) is 24.3 Å². The van der Waals surface area contributed by atoms with Gasteiger partial charge in [0.25, 0.3) is 0 Å². The molecule has 118 valence electrons. The SMILES string of the molecule is COc1ccc(N2CCN(CCC(C)(C)CN)CC2)cc1. The van der Waals surface area contributed by atoms with Gasteiger partial charge in [0.2, 0.25) is 0 Å². The van der Waals surface area contributed by atoms with Crippen molar-refractivity contribution in [2.75, 3.05) is 51.3 Å². The molecule has 2 rings (SSSR count). The van der Waals surface area contributed by atoms with Gasteiger partial charge in [-0.1, -0.05) is 13.8 Å². The highest BCUT2D eigenvalue weighted by Gasteiger charge is 2.21. The summed E-state index contributed by atoms with van der Waals surface area (Å²) in [4.78, 5) is 5.00. The predicted octanol–water partition coefficient (Wildman–Crippen LogP) is 2.19. The highest BCUT2D eigenvalue weighted by molar-refractivity contribution is 5.49. The number of hydrogen-bond acceptors (Lipinski definition) is 4. The van der Waals surface area contributed by atoms with E-state index < -0.39 is 0 Å². The second-order valence-electron chi connectivity index (χ2n) is 6.65. The van der Waals surface area contributed by atoms with Gasteiger partial charge in [0.05, 0.1) is 7.11 Å². The predicted molar refractivity (Wildman–Crippen MR) is 89.1 cm³/mol. The van der Waals surface area contributed by atoms with Gasteiger partial charge < -0.3 is 15.4 Å². The van der Waals surface area contributed by atoms with Gasteiger partial charge in [0, 0.05) is 31.9 Å². The Kier molecular flexibility index (Phi) is 5.48. The molecule has 1 aromatic rings. The number of nitrogens with zero attached hydrogens (tertiary/aromatic N) is 2. The molecule has 0 amide bonds. The number of hydrogen-bond donors (Lipinski definition) is 1. The molecule has 4 heteroatoms. The number of nitrogens with two attached hydrogens (primary N) is 1. The normalized spacial score (nSPS) is 17.0. The molecule has 1 aliphatic heterocycles. The van der Waals surface area contributed by atoms with Crippen LogP contribution in [0.3, 0.4) is 0 Å². The van der Waals surface area contributed by atoms with Gasteiger partial charge in [-0.05, 0) is 49.2 Å². The van der Waals surface area contributed by atoms with Crippen LogP contribution in [0.5, 0.6) is 5.75 Å². The minimum Gasteiger partial charge on any atom is -0.497 e. The fourth-order valence-corrected chi connectivity index (χ4v) is 2.59. The summed E-state index contributed by atoms with van der Waals surface area (Å²) < 4.78 is 5.21. The van der Waals surface area contributed by atoms with Crippen molar-refractivity contribution in [2.24, 2.45) is 11.1 Å². The third-order valence-electron chi connectivity index (χ3n) is 4.47. The zero-order chi connectivity index (χ0) is 15.3. The summed E-state index contributed by atoms with van der Waals surface area (Å²) in [6.45, 7) is 10.9. The Balaban J connectivity index is 1.80. The van der Waals surface area contributed by atoms with Crippen LogP contribution in [0.25, 0.3) is 0 Å². The molecule has 0 aromatic heterocycles. The molecule has 0 saturated carbocycles. The van der Waals surface area contributed by atoms with Crippen LogP contribution in [0.15, 0.2) is 24.3 Å². The van der Waals surface area contributed by atoms with Crippen LogP contribution in [-0.2, 0) is 0 Å². The van der Waals surface area contributed by atoms with Crippen molar-refractivity contribution < 1.29 is 4.74 Å². The van der Waals surface area contributed by atoms with Crippen LogP contribution in [0.4, 0.5) is 5.69 Å². The zero-order valence-electron chi connectivity index (χ0n) is 13.6. The van der Waals surface area contributed by atoms with Crippen LogP contribution in [-0.4, -0.2) is 51.3 Å². The van der Waals surface area contributed by atoms with Crippen LogP contribution in [0.2, 0.25) is 0 Å². The van der Waals surface area contributed by atoms with Crippen molar-refractivity contribution in [3.8, 4) is 5.75 Å². The van der Waals surface area contributed by atoms with Crippen molar-refractivity contribution in [2.45, 2.75) is 20.3 Å². The minimum atomic E-state index is 0.257. The van der Waals surface area contributed by atoms with Gasteiger partial charge in [-0.2, -0.15) is 0 Å². The first-order valence-electron chi connectivity index (χ1n) is 7.85. The lowest BCUT2D eigenvalue weighted by Gasteiger charge is -2.37. The fraction of sp³-hybridized carbons (Fsp3) is 0.647. The molecule has 1 saturated heterocycles. The molecular formula is C17H29N3O. The quantitative estimate of drug-likeness (QED) is 0.872. The molecule has 0 radical (unpaired) electrons. The number of ether oxygens (including phenoxy) is 1. The number of rotatable bonds is 6. The maximum atomic E-state index is 5.81. The average molecular weight is 291 g/mol. The van der Waals surface area contributed by atoms with Crippen molar-refractivity contribution in [1.29, 1.82) is 0 Å². The van der Waals surface area contributed by atoms with E-state index in [0.717, 1.165) is 45.0 Å². The molecule has 0 atom stereocenters. The second kappa shape index (κ2) is 7.14. The first-order chi connectivity index (χ1) is 10.0. The Hall–Kier alpha value is -1.26. The summed E-state index contributed by atoms with van der Waals surface area (Å²) in [6, 6.07) is 8.36. The third-order valence-corrected chi connectivity index (χ3v) is 4.47. The average Bonchev–Trinajstić information content (AvgIpc) is 2.54. The molecule has 2 N–H and O–H groups in total. The van der Waals surface area contributed by atoms with E-state index in [2.05, 4.69) is 35.8 Å². The summed E-state index contributed by atoms with van der Waals surface area (Å²) in [5.41, 5.74) is 7.35. The molecule has 0 unspecified atom stereocenters. The van der Waals surface area contributed by atoms with Crippen molar-refractivity contribution in [3.63, 3.8) is 0 Å². The molecule has 1 heterocycles. The van der Waals surface area contributed by atoms with Crippen LogP contribution in [0, 0.1) is 5.41 Å². The fourth-order valence-electron chi connectivity index (χ4n) is 2.59. The van der Waals surface area contributed by atoms with Crippen LogP contribution in [0.1, 0.15) is 20.3 Å². The molecule has 0 bridgehead atoms. The number of anilines is 1. The number of piperazine rings is 1. The highest BCUT2D eigenvalue weighted by atomic mass is 16.5. The molecule has 1 aliphatic rings. The van der Waals surface area contributed by atoms with Crippen molar-refractivity contribution >= 4 is 5.69 Å². The van der Waals surface area contributed by atoms with Gasteiger partial charge >= 0.3 is 0 Å². The standard InChI is InChI=1S/C17H29N3O/c1-17(2,14-18)8-9-19-10-12-20(13-11-19)15-4-6-16(21-3)7-5-15/h4-7H,8-14,18H2,1-3H3. The summed E-state index contributed by atoms with van der Waals surface area (Å²) in [5.74, 6) is 0.918. The van der Waals surface area contributed by atoms with E-state index in [4.69, 9.17) is 10.5 Å². The molecule has 1 fully saturated rings. The summed E-state index contributed by atoms with van der Waals surface area (Å²) in [6.07, 6.45) is 1.17. The third kappa shape index (κ3) is 4.61. The topological polar surface area (TPSA) is 41.7 Å². The van der Waals surface area contributed by atoms with E-state index in [1.165, 1.54) is 12.1 Å². The first kappa shape index (κ1) is 16.1. The van der Waals surface area contributed by atoms with Crippen LogP contribution >= 0.6 is 0 Å². The smallest absolute Gasteiger partial charge is 0.119 e. The van der Waals surface area contributed by atoms with E-state index in [1.54, 1.807) is 7.11 Å². The maximum Gasteiger partial charge on any atom is 0.119 e. The molecular weight excluding hydrogens is 262 g/mol. The number of methoxy groups -OCH3 is 1. The number of benzene rings is 1. The van der Waals surface area contributed by atoms with E-state index in [9.17, 15) is 0 Å². The zero-order valence-corrected chi connectivity index (χ0v) is 13.6. The van der Waals surface area contributed by atoms with E-state index in [0.29, 0.717) is 0 Å². The van der Waals surface area contributed by atoms with Gasteiger partial charge in [-0.25, -0.2) is 0 Å². The molecule has 1 aromatic carbocycles. The van der Waals surface area contributed by atoms with Gasteiger partial charge in [0.1, 0.15) is 5.75 Å². The Morgan fingerprint density at radius 2 is 1.71 bits per heavy atom. The lowest BCUT2D eigenvalue weighted by atomic mass is 9.89. The molecule has 4 nitrogen and oxygen atoms in total. The van der Waals surface area contributed by atoms with Gasteiger partial charge in [-0.3, -0.25) is 4.90 Å². The van der Waals surface area contributed by atoms with Crippen molar-refractivity contribution in [1.82, 2.24) is 4.90 Å². The molecule has 0 aliphatic carbocycles. The second-order valence-corrected chi connectivity index (χ2v) is 6.65. The summed E-state index contributed by atoms with van der Waals surface area (Å²) in [7, 11) is 1.70. The van der Waals surface area contributed by atoms with E-state index in [-0.39, 0.29) is 5.41 Å². The monoisotopic (exact) mass is 291 g/mol. The van der Waals surface area contributed by atoms with Gasteiger partial charge in [-0.15, -0.1) is 0 Å². The summed E-state index contributed by atoms with van der Waals surface area (Å²) in [5, 5.41) is 0. The van der Waals surface area contributed by atoms with E-state index >= 15 is 0 Å². The first-order valence-corrected chi connectivity index (χ1v) is 7.85. The van der Waals surface area contributed by atoms with Gasteiger partial charge in [0.15, 0.2) is 0 Å². The minimum absolute atomic E-state index is 0.257.